The summed E-state index contributed by atoms with van der Waals surface area (Å²) in [5.74, 6) is -1.28. The van der Waals surface area contributed by atoms with Crippen LogP contribution in [0.1, 0.15) is 36.3 Å². The monoisotopic (exact) mass is 315 g/mol. The maximum Gasteiger partial charge on any atom is 0.323 e. The SMILES string of the molecule is CCC(C)N(CC(=O)O)C(=O)c1ccc(-n2ccc(C)n2)cc1. The third-order valence-corrected chi connectivity index (χ3v) is 3.79. The summed E-state index contributed by atoms with van der Waals surface area (Å²) in [6.45, 7) is 5.38. The number of benzene rings is 1. The Labute approximate surface area is 135 Å². The lowest BCUT2D eigenvalue weighted by Crippen LogP contribution is -2.41. The summed E-state index contributed by atoms with van der Waals surface area (Å²) in [7, 11) is 0. The van der Waals surface area contributed by atoms with Crippen LogP contribution < -0.4 is 0 Å². The molecule has 1 atom stereocenters. The third kappa shape index (κ3) is 3.97. The molecule has 0 saturated heterocycles. The van der Waals surface area contributed by atoms with E-state index in [2.05, 4.69) is 5.10 Å². The van der Waals surface area contributed by atoms with Crippen LogP contribution in [0.3, 0.4) is 0 Å². The standard InChI is InChI=1S/C17H21N3O3/c1-4-13(3)19(11-16(21)22)17(23)14-5-7-15(8-6-14)20-10-9-12(2)18-20/h5-10,13H,4,11H2,1-3H3,(H,21,22). The first-order valence-corrected chi connectivity index (χ1v) is 7.57. The molecule has 0 aliphatic carbocycles. The van der Waals surface area contributed by atoms with Crippen molar-refractivity contribution in [2.24, 2.45) is 0 Å². The second-order valence-electron chi connectivity index (χ2n) is 5.53. The predicted molar refractivity (Wildman–Crippen MR) is 86.7 cm³/mol. The first-order chi connectivity index (χ1) is 10.9. The van der Waals surface area contributed by atoms with Crippen LogP contribution in [-0.4, -0.2) is 44.3 Å². The van der Waals surface area contributed by atoms with Crippen molar-refractivity contribution in [3.63, 3.8) is 0 Å². The highest BCUT2D eigenvalue weighted by Crippen LogP contribution is 2.14. The third-order valence-electron chi connectivity index (χ3n) is 3.79. The predicted octanol–water partition coefficient (Wildman–Crippen LogP) is 2.51. The van der Waals surface area contributed by atoms with Gasteiger partial charge < -0.3 is 10.0 Å². The summed E-state index contributed by atoms with van der Waals surface area (Å²) < 4.78 is 1.73. The van der Waals surface area contributed by atoms with Crippen LogP contribution in [0.15, 0.2) is 36.5 Å². The quantitative estimate of drug-likeness (QED) is 0.888. The van der Waals surface area contributed by atoms with Crippen molar-refractivity contribution in [3.8, 4) is 5.69 Å². The second kappa shape index (κ2) is 7.09. The maximum absolute atomic E-state index is 12.6. The van der Waals surface area contributed by atoms with Crippen LogP contribution in [0.2, 0.25) is 0 Å². The van der Waals surface area contributed by atoms with E-state index in [4.69, 9.17) is 5.11 Å². The minimum Gasteiger partial charge on any atom is -0.480 e. The molecule has 0 spiro atoms. The van der Waals surface area contributed by atoms with Crippen LogP contribution in [-0.2, 0) is 4.79 Å². The molecule has 23 heavy (non-hydrogen) atoms. The Morgan fingerprint density at radius 1 is 1.26 bits per heavy atom. The zero-order chi connectivity index (χ0) is 17.0. The largest absolute Gasteiger partial charge is 0.480 e. The Hall–Kier alpha value is -2.63. The lowest BCUT2D eigenvalue weighted by molar-refractivity contribution is -0.138. The Bertz CT molecular complexity index is 691. The van der Waals surface area contributed by atoms with E-state index in [9.17, 15) is 9.59 Å². The fraction of sp³-hybridized carbons (Fsp3) is 0.353. The Morgan fingerprint density at radius 2 is 1.91 bits per heavy atom. The van der Waals surface area contributed by atoms with Gasteiger partial charge in [0, 0.05) is 17.8 Å². The zero-order valence-corrected chi connectivity index (χ0v) is 13.6. The van der Waals surface area contributed by atoms with E-state index in [-0.39, 0.29) is 18.5 Å². The molecule has 1 aromatic carbocycles. The molecule has 122 valence electrons. The van der Waals surface area contributed by atoms with Crippen LogP contribution in [0.4, 0.5) is 0 Å². The Morgan fingerprint density at radius 3 is 2.39 bits per heavy atom. The Kier molecular flexibility index (Phi) is 5.16. The molecular formula is C17H21N3O3. The summed E-state index contributed by atoms with van der Waals surface area (Å²) in [6, 6.07) is 8.77. The van der Waals surface area contributed by atoms with Crippen molar-refractivity contribution in [3.05, 3.63) is 47.8 Å². The minimum absolute atomic E-state index is 0.132. The molecule has 0 aliphatic rings. The van der Waals surface area contributed by atoms with Crippen molar-refractivity contribution >= 4 is 11.9 Å². The molecule has 0 aliphatic heterocycles. The summed E-state index contributed by atoms with van der Waals surface area (Å²) in [6.07, 6.45) is 2.55. The summed E-state index contributed by atoms with van der Waals surface area (Å²) in [5, 5.41) is 13.3. The number of carboxylic acids is 1. The molecule has 1 heterocycles. The van der Waals surface area contributed by atoms with Gasteiger partial charge in [0.05, 0.1) is 11.4 Å². The van der Waals surface area contributed by atoms with Crippen LogP contribution >= 0.6 is 0 Å². The van der Waals surface area contributed by atoms with Crippen molar-refractivity contribution in [1.82, 2.24) is 14.7 Å². The van der Waals surface area contributed by atoms with Gasteiger partial charge in [0.2, 0.25) is 0 Å². The smallest absolute Gasteiger partial charge is 0.323 e. The van der Waals surface area contributed by atoms with E-state index in [0.717, 1.165) is 11.4 Å². The number of aryl methyl sites for hydroxylation is 1. The van der Waals surface area contributed by atoms with Crippen LogP contribution in [0, 0.1) is 6.92 Å². The van der Waals surface area contributed by atoms with E-state index < -0.39 is 5.97 Å². The van der Waals surface area contributed by atoms with E-state index in [1.165, 1.54) is 4.90 Å². The highest BCUT2D eigenvalue weighted by atomic mass is 16.4. The number of nitrogens with zero attached hydrogens (tertiary/aromatic N) is 3. The number of rotatable bonds is 6. The van der Waals surface area contributed by atoms with Crippen molar-refractivity contribution in [2.75, 3.05) is 6.54 Å². The lowest BCUT2D eigenvalue weighted by atomic mass is 10.1. The fourth-order valence-electron chi connectivity index (χ4n) is 2.28. The average molecular weight is 315 g/mol. The maximum atomic E-state index is 12.6. The van der Waals surface area contributed by atoms with E-state index in [0.29, 0.717) is 12.0 Å². The molecule has 1 aromatic heterocycles. The first kappa shape index (κ1) is 16.7. The van der Waals surface area contributed by atoms with Crippen molar-refractivity contribution in [2.45, 2.75) is 33.2 Å². The van der Waals surface area contributed by atoms with Gasteiger partial charge in [-0.1, -0.05) is 6.92 Å². The van der Waals surface area contributed by atoms with Crippen molar-refractivity contribution in [1.29, 1.82) is 0 Å². The van der Waals surface area contributed by atoms with Gasteiger partial charge in [-0.3, -0.25) is 9.59 Å². The lowest BCUT2D eigenvalue weighted by Gasteiger charge is -2.27. The normalized spacial score (nSPS) is 12.0. The molecule has 0 fully saturated rings. The minimum atomic E-state index is -1.01. The summed E-state index contributed by atoms with van der Waals surface area (Å²) in [4.78, 5) is 25.0. The summed E-state index contributed by atoms with van der Waals surface area (Å²) >= 11 is 0. The van der Waals surface area contributed by atoms with E-state index in [1.54, 1.807) is 28.9 Å². The van der Waals surface area contributed by atoms with Gasteiger partial charge in [0.25, 0.3) is 5.91 Å². The first-order valence-electron chi connectivity index (χ1n) is 7.57. The molecule has 0 saturated carbocycles. The number of hydrogen-bond donors (Lipinski definition) is 1. The number of hydrogen-bond acceptors (Lipinski definition) is 3. The number of aromatic nitrogens is 2. The zero-order valence-electron chi connectivity index (χ0n) is 13.6. The van der Waals surface area contributed by atoms with E-state index >= 15 is 0 Å². The van der Waals surface area contributed by atoms with Gasteiger partial charge in [-0.15, -0.1) is 0 Å². The highest BCUT2D eigenvalue weighted by Gasteiger charge is 2.22. The molecule has 2 rings (SSSR count). The number of carboxylic acid groups (broad SMARTS) is 1. The topological polar surface area (TPSA) is 75.4 Å². The molecule has 1 unspecified atom stereocenters. The van der Waals surface area contributed by atoms with Crippen LogP contribution in [0.25, 0.3) is 5.69 Å². The second-order valence-corrected chi connectivity index (χ2v) is 5.53. The molecule has 2 aromatic rings. The van der Waals surface area contributed by atoms with E-state index in [1.807, 2.05) is 33.0 Å². The molecule has 6 nitrogen and oxygen atoms in total. The van der Waals surface area contributed by atoms with Gasteiger partial charge in [0.15, 0.2) is 0 Å². The molecule has 0 bridgehead atoms. The fourth-order valence-corrected chi connectivity index (χ4v) is 2.28. The average Bonchev–Trinajstić information content (AvgIpc) is 2.97. The van der Waals surface area contributed by atoms with Gasteiger partial charge in [0.1, 0.15) is 6.54 Å². The molecule has 1 amide bonds. The van der Waals surface area contributed by atoms with Crippen LogP contribution in [0.5, 0.6) is 0 Å². The van der Waals surface area contributed by atoms with Crippen molar-refractivity contribution < 1.29 is 14.7 Å². The van der Waals surface area contributed by atoms with Gasteiger partial charge in [-0.05, 0) is 50.6 Å². The highest BCUT2D eigenvalue weighted by molar-refractivity contribution is 5.96. The summed E-state index contributed by atoms with van der Waals surface area (Å²) in [5.41, 5.74) is 2.23. The Balaban J connectivity index is 2.22. The number of amides is 1. The van der Waals surface area contributed by atoms with Gasteiger partial charge in [-0.25, -0.2) is 4.68 Å². The number of carbonyl (C=O) groups excluding carboxylic acids is 1. The number of carbonyl (C=O) groups is 2. The van der Waals surface area contributed by atoms with Gasteiger partial charge >= 0.3 is 5.97 Å². The molecule has 6 heteroatoms. The molecular weight excluding hydrogens is 294 g/mol. The van der Waals surface area contributed by atoms with Gasteiger partial charge in [-0.2, -0.15) is 5.10 Å². The molecule has 0 radical (unpaired) electrons. The molecule has 1 N–H and O–H groups in total. The number of aliphatic carboxylic acids is 1.